The third-order valence-corrected chi connectivity index (χ3v) is 3.01. The molecular formula is C12H13FN4S. The van der Waals surface area contributed by atoms with Gasteiger partial charge in [-0.25, -0.2) is 19.3 Å². The summed E-state index contributed by atoms with van der Waals surface area (Å²) in [5.41, 5.74) is 0. The summed E-state index contributed by atoms with van der Waals surface area (Å²) in [5, 5.41) is 4.01. The molecule has 0 unspecified atom stereocenters. The van der Waals surface area contributed by atoms with Gasteiger partial charge >= 0.3 is 0 Å². The quantitative estimate of drug-likeness (QED) is 0.841. The van der Waals surface area contributed by atoms with Gasteiger partial charge in [0, 0.05) is 12.7 Å². The van der Waals surface area contributed by atoms with Gasteiger partial charge in [-0.2, -0.15) is 0 Å². The SMILES string of the molecule is CCCNc1ncc(F)c(Sc2ccccn2)n1. The Balaban J connectivity index is 2.16. The molecule has 94 valence electrons. The molecule has 0 saturated carbocycles. The number of pyridine rings is 1. The molecule has 0 atom stereocenters. The van der Waals surface area contributed by atoms with Crippen molar-refractivity contribution in [3.8, 4) is 0 Å². The molecule has 2 heterocycles. The van der Waals surface area contributed by atoms with Crippen LogP contribution in [0.1, 0.15) is 13.3 Å². The van der Waals surface area contributed by atoms with Gasteiger partial charge in [0.25, 0.3) is 0 Å². The Hall–Kier alpha value is -1.69. The fourth-order valence-corrected chi connectivity index (χ4v) is 1.99. The normalized spacial score (nSPS) is 10.3. The third-order valence-electron chi connectivity index (χ3n) is 2.08. The predicted molar refractivity (Wildman–Crippen MR) is 69.1 cm³/mol. The maximum atomic E-state index is 13.6. The van der Waals surface area contributed by atoms with E-state index < -0.39 is 5.82 Å². The van der Waals surface area contributed by atoms with Crippen molar-refractivity contribution in [3.63, 3.8) is 0 Å². The van der Waals surface area contributed by atoms with Crippen molar-refractivity contribution in [2.75, 3.05) is 11.9 Å². The Morgan fingerprint density at radius 1 is 1.33 bits per heavy atom. The third kappa shape index (κ3) is 3.40. The molecular weight excluding hydrogens is 251 g/mol. The lowest BCUT2D eigenvalue weighted by Crippen LogP contribution is -2.05. The van der Waals surface area contributed by atoms with Gasteiger partial charge in [-0.3, -0.25) is 0 Å². The van der Waals surface area contributed by atoms with E-state index in [1.807, 2.05) is 25.1 Å². The van der Waals surface area contributed by atoms with Crippen molar-refractivity contribution in [2.24, 2.45) is 0 Å². The Morgan fingerprint density at radius 2 is 2.22 bits per heavy atom. The zero-order chi connectivity index (χ0) is 12.8. The molecule has 2 aromatic rings. The van der Waals surface area contributed by atoms with Gasteiger partial charge in [0.1, 0.15) is 10.1 Å². The Bertz CT molecular complexity index is 507. The van der Waals surface area contributed by atoms with Crippen LogP contribution < -0.4 is 5.32 Å². The van der Waals surface area contributed by atoms with E-state index in [-0.39, 0.29) is 5.03 Å². The van der Waals surface area contributed by atoms with Crippen LogP contribution in [0.5, 0.6) is 0 Å². The van der Waals surface area contributed by atoms with Gasteiger partial charge in [-0.1, -0.05) is 13.0 Å². The number of anilines is 1. The predicted octanol–water partition coefficient (Wildman–Crippen LogP) is 2.98. The van der Waals surface area contributed by atoms with Crippen molar-refractivity contribution < 1.29 is 4.39 Å². The second kappa shape index (κ2) is 6.30. The lowest BCUT2D eigenvalue weighted by Gasteiger charge is -2.05. The molecule has 18 heavy (non-hydrogen) atoms. The van der Waals surface area contributed by atoms with Crippen LogP contribution in [0.4, 0.5) is 10.3 Å². The second-order valence-corrected chi connectivity index (χ2v) is 4.55. The maximum Gasteiger partial charge on any atom is 0.223 e. The van der Waals surface area contributed by atoms with Crippen LogP contribution in [0.2, 0.25) is 0 Å². The summed E-state index contributed by atoms with van der Waals surface area (Å²) in [6.07, 6.45) is 3.80. The Morgan fingerprint density at radius 3 is 2.94 bits per heavy atom. The minimum atomic E-state index is -0.437. The first-order chi connectivity index (χ1) is 8.79. The molecule has 0 aliphatic heterocycles. The van der Waals surface area contributed by atoms with Gasteiger partial charge < -0.3 is 5.32 Å². The van der Waals surface area contributed by atoms with Crippen molar-refractivity contribution in [3.05, 3.63) is 36.4 Å². The first-order valence-corrected chi connectivity index (χ1v) is 6.46. The fourth-order valence-electron chi connectivity index (χ4n) is 1.25. The molecule has 1 N–H and O–H groups in total. The smallest absolute Gasteiger partial charge is 0.223 e. The standard InChI is InChI=1S/C12H13FN4S/c1-2-6-15-12-16-8-9(13)11(17-12)18-10-5-3-4-7-14-10/h3-5,7-8H,2,6H2,1H3,(H,15,16,17). The van der Waals surface area contributed by atoms with E-state index in [1.54, 1.807) is 6.20 Å². The number of hydrogen-bond donors (Lipinski definition) is 1. The van der Waals surface area contributed by atoms with Crippen molar-refractivity contribution >= 4 is 17.7 Å². The molecule has 0 bridgehead atoms. The van der Waals surface area contributed by atoms with Crippen LogP contribution in [-0.2, 0) is 0 Å². The van der Waals surface area contributed by atoms with Crippen LogP contribution in [0.3, 0.4) is 0 Å². The number of nitrogens with one attached hydrogen (secondary N) is 1. The summed E-state index contributed by atoms with van der Waals surface area (Å²) in [7, 11) is 0. The molecule has 6 heteroatoms. The number of halogens is 1. The average molecular weight is 264 g/mol. The number of nitrogens with zero attached hydrogens (tertiary/aromatic N) is 3. The first kappa shape index (κ1) is 12.8. The molecule has 0 aromatic carbocycles. The van der Waals surface area contributed by atoms with E-state index in [1.165, 1.54) is 18.0 Å². The van der Waals surface area contributed by atoms with Gasteiger partial charge in [-0.15, -0.1) is 0 Å². The summed E-state index contributed by atoms with van der Waals surface area (Å²) in [6, 6.07) is 5.48. The van der Waals surface area contributed by atoms with Crippen LogP contribution >= 0.6 is 11.8 Å². The van der Waals surface area contributed by atoms with Crippen molar-refractivity contribution in [2.45, 2.75) is 23.4 Å². The zero-order valence-electron chi connectivity index (χ0n) is 9.93. The van der Waals surface area contributed by atoms with E-state index in [9.17, 15) is 4.39 Å². The van der Waals surface area contributed by atoms with Crippen LogP contribution in [0, 0.1) is 5.82 Å². The van der Waals surface area contributed by atoms with E-state index in [0.29, 0.717) is 11.0 Å². The molecule has 2 aromatic heterocycles. The van der Waals surface area contributed by atoms with Crippen LogP contribution in [0.15, 0.2) is 40.6 Å². The van der Waals surface area contributed by atoms with E-state index in [0.717, 1.165) is 13.0 Å². The summed E-state index contributed by atoms with van der Waals surface area (Å²) in [6.45, 7) is 2.80. The molecule has 0 aliphatic carbocycles. The lowest BCUT2D eigenvalue weighted by atomic mass is 10.5. The first-order valence-electron chi connectivity index (χ1n) is 5.65. The number of aromatic nitrogens is 3. The summed E-state index contributed by atoms with van der Waals surface area (Å²) < 4.78 is 13.6. The van der Waals surface area contributed by atoms with E-state index in [2.05, 4.69) is 20.3 Å². The Labute approximate surface area is 109 Å². The van der Waals surface area contributed by atoms with Crippen molar-refractivity contribution in [1.82, 2.24) is 15.0 Å². The number of rotatable bonds is 5. The molecule has 0 fully saturated rings. The monoisotopic (exact) mass is 264 g/mol. The minimum Gasteiger partial charge on any atom is -0.354 e. The molecule has 2 rings (SSSR count). The molecule has 0 radical (unpaired) electrons. The zero-order valence-corrected chi connectivity index (χ0v) is 10.7. The minimum absolute atomic E-state index is 0.280. The largest absolute Gasteiger partial charge is 0.354 e. The average Bonchev–Trinajstić information content (AvgIpc) is 2.41. The topological polar surface area (TPSA) is 50.7 Å². The highest BCUT2D eigenvalue weighted by atomic mass is 32.2. The highest BCUT2D eigenvalue weighted by Crippen LogP contribution is 2.26. The Kier molecular flexibility index (Phi) is 4.46. The van der Waals surface area contributed by atoms with Gasteiger partial charge in [0.2, 0.25) is 5.95 Å². The second-order valence-electron chi connectivity index (χ2n) is 3.54. The van der Waals surface area contributed by atoms with Crippen molar-refractivity contribution in [1.29, 1.82) is 0 Å². The number of hydrogen-bond acceptors (Lipinski definition) is 5. The van der Waals surface area contributed by atoms with E-state index in [4.69, 9.17) is 0 Å². The van der Waals surface area contributed by atoms with E-state index >= 15 is 0 Å². The van der Waals surface area contributed by atoms with Gasteiger partial charge in [0.15, 0.2) is 5.82 Å². The lowest BCUT2D eigenvalue weighted by molar-refractivity contribution is 0.579. The molecule has 0 amide bonds. The summed E-state index contributed by atoms with van der Waals surface area (Å²) >= 11 is 1.18. The molecule has 0 saturated heterocycles. The fraction of sp³-hybridized carbons (Fsp3) is 0.250. The highest BCUT2D eigenvalue weighted by molar-refractivity contribution is 7.99. The van der Waals surface area contributed by atoms with Gasteiger partial charge in [0.05, 0.1) is 6.20 Å². The van der Waals surface area contributed by atoms with Gasteiger partial charge in [-0.05, 0) is 30.3 Å². The van der Waals surface area contributed by atoms with Crippen LogP contribution in [-0.4, -0.2) is 21.5 Å². The molecule has 4 nitrogen and oxygen atoms in total. The highest BCUT2D eigenvalue weighted by Gasteiger charge is 2.09. The summed E-state index contributed by atoms with van der Waals surface area (Å²) in [5.74, 6) is 0.00406. The molecule has 0 aliphatic rings. The summed E-state index contributed by atoms with van der Waals surface area (Å²) in [4.78, 5) is 12.1. The van der Waals surface area contributed by atoms with Crippen LogP contribution in [0.25, 0.3) is 0 Å². The molecule has 0 spiro atoms. The maximum absolute atomic E-state index is 13.6.